The monoisotopic (exact) mass is 509 g/mol. The van der Waals surface area contributed by atoms with Crippen LogP contribution in [0.25, 0.3) is 0 Å². The number of nitrogens with zero attached hydrogens (tertiary/aromatic N) is 2. The van der Waals surface area contributed by atoms with Crippen LogP contribution >= 0.6 is 11.3 Å². The Balaban J connectivity index is 2.11. The fraction of sp³-hybridized carbons (Fsp3) is 0.720. The topological polar surface area (TPSA) is 126 Å². The van der Waals surface area contributed by atoms with Crippen molar-refractivity contribution in [3.8, 4) is 0 Å². The average Bonchev–Trinajstić information content (AvgIpc) is 3.26. The number of hydrogen-bond acceptors (Lipinski definition) is 7. The number of nitrogens with one attached hydrogen (secondary N) is 1. The number of carboxylic acid groups (broad SMARTS) is 1. The molecule has 2 N–H and O–H groups in total. The molecule has 9 nitrogen and oxygen atoms in total. The van der Waals surface area contributed by atoms with E-state index < -0.39 is 18.0 Å². The molecule has 1 aromatic heterocycles. The van der Waals surface area contributed by atoms with Crippen molar-refractivity contribution >= 4 is 35.1 Å². The molecule has 0 bridgehead atoms. The van der Waals surface area contributed by atoms with E-state index in [2.05, 4.69) is 10.3 Å². The number of carboxylic acids is 1. The highest BCUT2D eigenvalue weighted by Crippen LogP contribution is 2.31. The molecule has 0 spiro atoms. The van der Waals surface area contributed by atoms with Crippen LogP contribution in [0.4, 0.5) is 0 Å². The van der Waals surface area contributed by atoms with Gasteiger partial charge in [0.15, 0.2) is 6.10 Å². The van der Waals surface area contributed by atoms with Crippen LogP contribution in [0.15, 0.2) is 5.38 Å². The van der Waals surface area contributed by atoms with Crippen LogP contribution in [0.3, 0.4) is 0 Å². The van der Waals surface area contributed by atoms with E-state index >= 15 is 0 Å². The Labute approximate surface area is 211 Å². The summed E-state index contributed by atoms with van der Waals surface area (Å²) in [4.78, 5) is 54.7. The molecule has 2 atom stereocenters. The van der Waals surface area contributed by atoms with Crippen LogP contribution in [0.1, 0.15) is 94.7 Å². The first kappa shape index (κ1) is 28.7. The molecular weight excluding hydrogens is 470 g/mol. The van der Waals surface area contributed by atoms with Crippen LogP contribution < -0.4 is 5.32 Å². The van der Waals surface area contributed by atoms with Gasteiger partial charge in [0.25, 0.3) is 5.91 Å². The lowest BCUT2D eigenvalue weighted by Gasteiger charge is -2.34. The number of aromatic nitrogens is 1. The normalized spacial score (nSPS) is 19.8. The Morgan fingerprint density at radius 3 is 2.31 bits per heavy atom. The van der Waals surface area contributed by atoms with Gasteiger partial charge in [-0.15, -0.1) is 11.3 Å². The zero-order valence-electron chi connectivity index (χ0n) is 21.6. The van der Waals surface area contributed by atoms with E-state index in [-0.39, 0.29) is 47.3 Å². The molecule has 1 aliphatic carbocycles. The summed E-state index contributed by atoms with van der Waals surface area (Å²) in [6.07, 6.45) is 2.45. The van der Waals surface area contributed by atoms with Gasteiger partial charge in [-0.3, -0.25) is 19.2 Å². The minimum Gasteiger partial charge on any atom is -0.481 e. The van der Waals surface area contributed by atoms with Gasteiger partial charge in [0.05, 0.1) is 5.92 Å². The molecule has 0 radical (unpaired) electrons. The molecule has 35 heavy (non-hydrogen) atoms. The zero-order chi connectivity index (χ0) is 26.3. The van der Waals surface area contributed by atoms with Crippen molar-refractivity contribution in [2.75, 3.05) is 7.05 Å². The van der Waals surface area contributed by atoms with Gasteiger partial charge >= 0.3 is 11.9 Å². The maximum Gasteiger partial charge on any atom is 0.306 e. The molecule has 2 amide bonds. The minimum absolute atomic E-state index is 0.0390. The maximum absolute atomic E-state index is 12.8. The molecule has 0 unspecified atom stereocenters. The fourth-order valence-electron chi connectivity index (χ4n) is 4.46. The summed E-state index contributed by atoms with van der Waals surface area (Å²) in [5.74, 6) is -1.51. The summed E-state index contributed by atoms with van der Waals surface area (Å²) < 4.78 is 5.59. The van der Waals surface area contributed by atoms with Gasteiger partial charge in [0.1, 0.15) is 10.7 Å². The van der Waals surface area contributed by atoms with Crippen LogP contribution in [-0.4, -0.2) is 57.9 Å². The Morgan fingerprint density at radius 1 is 1.17 bits per heavy atom. The van der Waals surface area contributed by atoms with E-state index in [1.165, 1.54) is 18.3 Å². The zero-order valence-corrected chi connectivity index (χ0v) is 22.4. The molecule has 1 aromatic rings. The van der Waals surface area contributed by atoms with Gasteiger partial charge in [-0.05, 0) is 37.5 Å². The van der Waals surface area contributed by atoms with Crippen molar-refractivity contribution in [1.82, 2.24) is 15.2 Å². The van der Waals surface area contributed by atoms with Gasteiger partial charge in [-0.1, -0.05) is 27.7 Å². The number of hydrogen-bond donors (Lipinski definition) is 2. The molecule has 10 heteroatoms. The van der Waals surface area contributed by atoms with Crippen molar-refractivity contribution in [2.24, 2.45) is 17.8 Å². The summed E-state index contributed by atoms with van der Waals surface area (Å²) in [6.45, 7) is 9.37. The van der Waals surface area contributed by atoms with E-state index in [4.69, 9.17) is 9.84 Å². The first-order valence-corrected chi connectivity index (χ1v) is 13.2. The van der Waals surface area contributed by atoms with Gasteiger partial charge in [-0.25, -0.2) is 4.98 Å². The number of amides is 2. The lowest BCUT2D eigenvalue weighted by Crippen LogP contribution is -2.42. The minimum atomic E-state index is -0.785. The van der Waals surface area contributed by atoms with E-state index in [0.717, 1.165) is 0 Å². The third-order valence-electron chi connectivity index (χ3n) is 6.45. The van der Waals surface area contributed by atoms with Crippen molar-refractivity contribution in [3.63, 3.8) is 0 Å². The van der Waals surface area contributed by atoms with Gasteiger partial charge < -0.3 is 20.1 Å². The van der Waals surface area contributed by atoms with E-state index in [9.17, 15) is 19.2 Å². The first-order chi connectivity index (χ1) is 16.4. The predicted octanol–water partition coefficient (Wildman–Crippen LogP) is 4.04. The van der Waals surface area contributed by atoms with Crippen molar-refractivity contribution in [3.05, 3.63) is 16.1 Å². The number of rotatable bonds is 11. The SMILES string of the molecule is CC(=O)O[C@H](C[C@H](C(C)C)N(C)C(=O)CC(C)C)c1nc(C(=O)N[C@H]2CC[C@H](C(=O)O)CC2)cs1. The molecular formula is C25H39N3O6S. The number of carbonyl (C=O) groups is 4. The van der Waals surface area contributed by atoms with Crippen molar-refractivity contribution < 1.29 is 29.0 Å². The summed E-state index contributed by atoms with van der Waals surface area (Å²) in [7, 11) is 1.78. The standard InChI is InChI=1S/C25H39N3O6S/c1-14(2)11-22(30)28(6)20(15(3)4)12-21(34-16(5)29)24-27-19(13-35-24)23(31)26-18-9-7-17(8-10-18)25(32)33/h13-15,17-18,20-21H,7-12H2,1-6H3,(H,26,31)(H,32,33)/t17-,18-,20-,21-/m1/s1. The first-order valence-electron chi connectivity index (χ1n) is 12.3. The highest BCUT2D eigenvalue weighted by atomic mass is 32.1. The lowest BCUT2D eigenvalue weighted by molar-refractivity contribution is -0.148. The smallest absolute Gasteiger partial charge is 0.306 e. The second-order valence-electron chi connectivity index (χ2n) is 10.2. The van der Waals surface area contributed by atoms with E-state index in [0.29, 0.717) is 43.5 Å². The Hall–Kier alpha value is -2.49. The number of thiazole rings is 1. The average molecular weight is 510 g/mol. The van der Waals surface area contributed by atoms with Crippen LogP contribution in [0.2, 0.25) is 0 Å². The maximum atomic E-state index is 12.8. The Morgan fingerprint density at radius 2 is 1.80 bits per heavy atom. The third-order valence-corrected chi connectivity index (χ3v) is 7.39. The molecule has 0 aliphatic heterocycles. The molecule has 1 heterocycles. The summed E-state index contributed by atoms with van der Waals surface area (Å²) in [6, 6.07) is -0.255. The Kier molecular flexibility index (Phi) is 10.7. The number of carbonyl (C=O) groups excluding carboxylic acids is 3. The molecule has 196 valence electrons. The highest BCUT2D eigenvalue weighted by Gasteiger charge is 2.31. The third kappa shape index (κ3) is 8.59. The second kappa shape index (κ2) is 13.0. The number of ether oxygens (including phenoxy) is 1. The Bertz CT molecular complexity index is 892. The van der Waals surface area contributed by atoms with Crippen molar-refractivity contribution in [1.29, 1.82) is 0 Å². The summed E-state index contributed by atoms with van der Waals surface area (Å²) in [5.41, 5.74) is 0.243. The molecule has 1 fully saturated rings. The van der Waals surface area contributed by atoms with Crippen molar-refractivity contribution in [2.45, 2.75) is 91.3 Å². The lowest BCUT2D eigenvalue weighted by atomic mass is 9.86. The van der Waals surface area contributed by atoms with E-state index in [1.807, 2.05) is 27.7 Å². The molecule has 1 aliphatic rings. The molecule has 2 rings (SSSR count). The van der Waals surface area contributed by atoms with Crippen LogP contribution in [0, 0.1) is 17.8 Å². The molecule has 0 saturated heterocycles. The molecule has 1 saturated carbocycles. The number of esters is 1. The van der Waals surface area contributed by atoms with Gasteiger partial charge in [0, 0.05) is 44.3 Å². The molecule has 0 aromatic carbocycles. The number of aliphatic carboxylic acids is 1. The largest absolute Gasteiger partial charge is 0.481 e. The summed E-state index contributed by atoms with van der Waals surface area (Å²) >= 11 is 1.25. The van der Waals surface area contributed by atoms with Gasteiger partial charge in [-0.2, -0.15) is 0 Å². The highest BCUT2D eigenvalue weighted by molar-refractivity contribution is 7.09. The second-order valence-corrected chi connectivity index (χ2v) is 11.1. The summed E-state index contributed by atoms with van der Waals surface area (Å²) in [5, 5.41) is 14.2. The fourth-order valence-corrected chi connectivity index (χ4v) is 5.30. The quantitative estimate of drug-likeness (QED) is 0.431. The van der Waals surface area contributed by atoms with Crippen LogP contribution in [-0.2, 0) is 19.1 Å². The van der Waals surface area contributed by atoms with E-state index in [1.54, 1.807) is 17.3 Å². The van der Waals surface area contributed by atoms with Gasteiger partial charge in [0.2, 0.25) is 5.91 Å². The van der Waals surface area contributed by atoms with Crippen LogP contribution in [0.5, 0.6) is 0 Å². The predicted molar refractivity (Wildman–Crippen MR) is 133 cm³/mol.